The lowest BCUT2D eigenvalue weighted by molar-refractivity contribution is 0.273. The molecule has 0 unspecified atom stereocenters. The first-order chi connectivity index (χ1) is 7.61. The smallest absolute Gasteiger partial charge is 0.192 e. The number of thioether (sulfide) groups is 1. The van der Waals surface area contributed by atoms with Gasteiger partial charge in [0.15, 0.2) is 17.4 Å². The summed E-state index contributed by atoms with van der Waals surface area (Å²) in [5.41, 5.74) is 0. The number of halogens is 3. The lowest BCUT2D eigenvalue weighted by Gasteiger charge is -2.10. The van der Waals surface area contributed by atoms with Crippen molar-refractivity contribution < 1.29 is 17.9 Å². The Balaban J connectivity index is 2.98. The van der Waals surface area contributed by atoms with Gasteiger partial charge in [0.25, 0.3) is 0 Å². The number of rotatable bonds is 5. The van der Waals surface area contributed by atoms with Crippen molar-refractivity contribution in [2.24, 2.45) is 0 Å². The van der Waals surface area contributed by atoms with Crippen molar-refractivity contribution in [1.82, 2.24) is 0 Å². The summed E-state index contributed by atoms with van der Waals surface area (Å²) in [7, 11) is 0. The van der Waals surface area contributed by atoms with Gasteiger partial charge in [-0.15, -0.1) is 11.8 Å². The fourth-order valence-corrected chi connectivity index (χ4v) is 1.72. The fraction of sp³-hybridized carbons (Fsp3) is 0.455. The van der Waals surface area contributed by atoms with Crippen molar-refractivity contribution in [3.63, 3.8) is 0 Å². The quantitative estimate of drug-likeness (QED) is 0.577. The zero-order valence-corrected chi connectivity index (χ0v) is 9.97. The summed E-state index contributed by atoms with van der Waals surface area (Å²) in [6.45, 7) is 2.16. The van der Waals surface area contributed by atoms with Gasteiger partial charge in [-0.2, -0.15) is 0 Å². The third kappa shape index (κ3) is 2.84. The molecule has 0 atom stereocenters. The van der Waals surface area contributed by atoms with Crippen LogP contribution in [-0.4, -0.2) is 12.9 Å². The molecular formula is C11H13F3OS. The number of unbranched alkanes of at least 4 members (excludes halogenated alkanes) is 1. The number of hydrogen-bond donors (Lipinski definition) is 0. The van der Waals surface area contributed by atoms with Crippen LogP contribution in [0.15, 0.2) is 11.0 Å². The van der Waals surface area contributed by atoms with Crippen molar-refractivity contribution in [1.29, 1.82) is 0 Å². The zero-order valence-electron chi connectivity index (χ0n) is 9.15. The molecule has 1 nitrogen and oxygen atoms in total. The Morgan fingerprint density at radius 2 is 1.94 bits per heavy atom. The molecule has 16 heavy (non-hydrogen) atoms. The Morgan fingerprint density at radius 1 is 1.25 bits per heavy atom. The van der Waals surface area contributed by atoms with Gasteiger partial charge in [0.2, 0.25) is 0 Å². The highest BCUT2D eigenvalue weighted by Crippen LogP contribution is 2.32. The second kappa shape index (κ2) is 6.03. The molecule has 0 aliphatic rings. The second-order valence-electron chi connectivity index (χ2n) is 3.22. The topological polar surface area (TPSA) is 9.23 Å². The number of benzene rings is 1. The molecule has 1 aromatic rings. The van der Waals surface area contributed by atoms with E-state index in [-0.39, 0.29) is 11.5 Å². The summed E-state index contributed by atoms with van der Waals surface area (Å²) >= 11 is 0.887. The lowest BCUT2D eigenvalue weighted by Crippen LogP contribution is -2.03. The van der Waals surface area contributed by atoms with Crippen molar-refractivity contribution in [3.05, 3.63) is 23.5 Å². The molecule has 0 bridgehead atoms. The maximum absolute atomic E-state index is 13.6. The largest absolute Gasteiger partial charge is 0.488 e. The first-order valence-corrected chi connectivity index (χ1v) is 6.18. The third-order valence-electron chi connectivity index (χ3n) is 2.03. The normalized spacial score (nSPS) is 10.6. The van der Waals surface area contributed by atoms with Crippen LogP contribution in [0.25, 0.3) is 0 Å². The van der Waals surface area contributed by atoms with Crippen molar-refractivity contribution in [2.45, 2.75) is 24.7 Å². The van der Waals surface area contributed by atoms with Gasteiger partial charge >= 0.3 is 0 Å². The molecule has 0 amide bonds. The minimum atomic E-state index is -0.996. The van der Waals surface area contributed by atoms with Crippen LogP contribution in [0.2, 0.25) is 0 Å². The van der Waals surface area contributed by atoms with Crippen LogP contribution in [0.5, 0.6) is 5.75 Å². The van der Waals surface area contributed by atoms with Gasteiger partial charge in [-0.3, -0.25) is 0 Å². The van der Waals surface area contributed by atoms with E-state index in [1.807, 2.05) is 6.92 Å². The Hall–Kier alpha value is -0.840. The number of hydrogen-bond acceptors (Lipinski definition) is 2. The first kappa shape index (κ1) is 13.2. The molecule has 0 spiro atoms. The van der Waals surface area contributed by atoms with Gasteiger partial charge in [-0.1, -0.05) is 13.3 Å². The van der Waals surface area contributed by atoms with E-state index in [9.17, 15) is 13.2 Å². The minimum absolute atomic E-state index is 0.215. The molecule has 0 aliphatic heterocycles. The lowest BCUT2D eigenvalue weighted by atomic mass is 10.3. The average Bonchev–Trinajstić information content (AvgIpc) is 2.23. The SMILES string of the molecule is CCCCOc1c(F)cc(F)c(SC)c1F. The Kier molecular flexibility index (Phi) is 4.99. The van der Waals surface area contributed by atoms with Gasteiger partial charge in [0, 0.05) is 6.07 Å². The van der Waals surface area contributed by atoms with Gasteiger partial charge < -0.3 is 4.74 Å². The van der Waals surface area contributed by atoms with Gasteiger partial charge in [0.1, 0.15) is 5.82 Å². The predicted octanol–water partition coefficient (Wildman–Crippen LogP) is 4.00. The van der Waals surface area contributed by atoms with E-state index in [0.717, 1.165) is 18.2 Å². The van der Waals surface area contributed by atoms with Crippen LogP contribution >= 0.6 is 11.8 Å². The van der Waals surface area contributed by atoms with Crippen LogP contribution in [0.3, 0.4) is 0 Å². The maximum Gasteiger partial charge on any atom is 0.192 e. The van der Waals surface area contributed by atoms with E-state index in [2.05, 4.69) is 0 Å². The maximum atomic E-state index is 13.6. The van der Waals surface area contributed by atoms with E-state index in [1.165, 1.54) is 6.26 Å². The molecule has 1 rings (SSSR count). The van der Waals surface area contributed by atoms with E-state index in [4.69, 9.17) is 4.74 Å². The molecular weight excluding hydrogens is 237 g/mol. The summed E-state index contributed by atoms with van der Waals surface area (Å²) in [6.07, 6.45) is 3.08. The Labute approximate surface area is 97.0 Å². The molecule has 0 saturated heterocycles. The number of ether oxygens (including phenoxy) is 1. The van der Waals surface area contributed by atoms with E-state index < -0.39 is 23.2 Å². The fourth-order valence-electron chi connectivity index (χ4n) is 1.19. The minimum Gasteiger partial charge on any atom is -0.488 e. The van der Waals surface area contributed by atoms with E-state index in [1.54, 1.807) is 0 Å². The van der Waals surface area contributed by atoms with Gasteiger partial charge in [-0.05, 0) is 12.7 Å². The van der Waals surface area contributed by atoms with Gasteiger partial charge in [0.05, 0.1) is 11.5 Å². The van der Waals surface area contributed by atoms with Crippen LogP contribution < -0.4 is 4.74 Å². The summed E-state index contributed by atoms with van der Waals surface area (Å²) in [5.74, 6) is -3.34. The second-order valence-corrected chi connectivity index (χ2v) is 4.04. The molecule has 90 valence electrons. The highest BCUT2D eigenvalue weighted by atomic mass is 32.2. The first-order valence-electron chi connectivity index (χ1n) is 4.96. The Bertz CT molecular complexity index is 369. The summed E-state index contributed by atoms with van der Waals surface area (Å²) < 4.78 is 44.9. The van der Waals surface area contributed by atoms with Crippen molar-refractivity contribution in [3.8, 4) is 5.75 Å². The molecule has 1 aromatic carbocycles. The summed E-state index contributed by atoms with van der Waals surface area (Å²) in [5, 5.41) is 0. The molecule has 0 radical (unpaired) electrons. The standard InChI is InChI=1S/C11H13F3OS/c1-3-4-5-15-10-7(12)6-8(13)11(16-2)9(10)14/h6H,3-5H2,1-2H3. The van der Waals surface area contributed by atoms with Crippen LogP contribution in [0.1, 0.15) is 19.8 Å². The van der Waals surface area contributed by atoms with E-state index >= 15 is 0 Å². The molecule has 0 heterocycles. The Morgan fingerprint density at radius 3 is 2.50 bits per heavy atom. The van der Waals surface area contributed by atoms with Crippen LogP contribution in [0.4, 0.5) is 13.2 Å². The van der Waals surface area contributed by atoms with Crippen LogP contribution in [-0.2, 0) is 0 Å². The summed E-state index contributed by atoms with van der Waals surface area (Å²) in [4.78, 5) is -0.215. The highest BCUT2D eigenvalue weighted by molar-refractivity contribution is 7.98. The average molecular weight is 250 g/mol. The molecule has 0 saturated carbocycles. The van der Waals surface area contributed by atoms with Crippen LogP contribution in [0, 0.1) is 17.5 Å². The van der Waals surface area contributed by atoms with Crippen molar-refractivity contribution >= 4 is 11.8 Å². The molecule has 5 heteroatoms. The highest BCUT2D eigenvalue weighted by Gasteiger charge is 2.19. The predicted molar refractivity (Wildman–Crippen MR) is 58.5 cm³/mol. The molecule has 0 aliphatic carbocycles. The zero-order chi connectivity index (χ0) is 12.1. The third-order valence-corrected chi connectivity index (χ3v) is 2.82. The monoisotopic (exact) mass is 250 g/mol. The van der Waals surface area contributed by atoms with Gasteiger partial charge in [-0.25, -0.2) is 13.2 Å². The molecule has 0 aromatic heterocycles. The van der Waals surface area contributed by atoms with Crippen molar-refractivity contribution in [2.75, 3.05) is 12.9 Å². The van der Waals surface area contributed by atoms with E-state index in [0.29, 0.717) is 12.5 Å². The molecule has 0 N–H and O–H groups in total. The summed E-state index contributed by atoms with van der Waals surface area (Å²) in [6, 6.07) is 0.649. The molecule has 0 fully saturated rings.